The van der Waals surface area contributed by atoms with Crippen LogP contribution in [0, 0.1) is 11.8 Å². The van der Waals surface area contributed by atoms with Gasteiger partial charge in [0, 0.05) is 6.04 Å². The molecule has 1 aromatic heterocycles. The van der Waals surface area contributed by atoms with Crippen molar-refractivity contribution in [2.45, 2.75) is 18.9 Å². The average Bonchev–Trinajstić information content (AvgIpc) is 2.93. The largest absolute Gasteiger partial charge is 0.384 e. The van der Waals surface area contributed by atoms with Gasteiger partial charge in [0.05, 0.1) is 11.1 Å². The lowest BCUT2D eigenvalue weighted by molar-refractivity contribution is 0.350. The minimum atomic E-state index is -3.53. The maximum atomic E-state index is 11.5. The van der Waals surface area contributed by atoms with Crippen molar-refractivity contribution in [2.75, 3.05) is 11.3 Å². The highest BCUT2D eigenvalue weighted by Gasteiger charge is 2.27. The van der Waals surface area contributed by atoms with Gasteiger partial charge in [0.1, 0.15) is 6.61 Å². The average molecular weight is 273 g/mol. The maximum absolute atomic E-state index is 11.5. The van der Waals surface area contributed by atoms with Crippen LogP contribution in [-0.4, -0.2) is 31.2 Å². The summed E-state index contributed by atoms with van der Waals surface area (Å²) in [4.78, 5) is 4.49. The fraction of sp³-hybridized carbons (Fsp3) is 0.444. The van der Waals surface area contributed by atoms with Crippen LogP contribution in [0.5, 0.6) is 0 Å². The molecule has 1 fully saturated rings. The van der Waals surface area contributed by atoms with E-state index in [1.807, 2.05) is 0 Å². The topological polar surface area (TPSA) is 91.3 Å². The van der Waals surface area contributed by atoms with Crippen LogP contribution in [0.2, 0.25) is 0 Å². The van der Waals surface area contributed by atoms with Crippen molar-refractivity contribution in [3.8, 4) is 11.8 Å². The molecule has 0 atom stereocenters. The predicted molar refractivity (Wildman–Crippen MR) is 64.8 cm³/mol. The molecule has 1 aromatic rings. The summed E-state index contributed by atoms with van der Waals surface area (Å²) in [7, 11) is -3.53. The second-order valence-corrected chi connectivity index (χ2v) is 5.96. The summed E-state index contributed by atoms with van der Waals surface area (Å²) in [5, 5.41) is 8.78. The zero-order chi connectivity index (χ0) is 12.3. The molecule has 17 heavy (non-hydrogen) atoms. The van der Waals surface area contributed by atoms with Gasteiger partial charge in [0.15, 0.2) is 5.13 Å². The van der Waals surface area contributed by atoms with E-state index < -0.39 is 10.2 Å². The Hall–Kier alpha value is -1.14. The van der Waals surface area contributed by atoms with Gasteiger partial charge in [-0.05, 0) is 12.8 Å². The van der Waals surface area contributed by atoms with Gasteiger partial charge in [0.25, 0.3) is 0 Å². The van der Waals surface area contributed by atoms with Crippen molar-refractivity contribution in [3.63, 3.8) is 0 Å². The molecule has 0 aliphatic heterocycles. The molecule has 0 spiro atoms. The van der Waals surface area contributed by atoms with Crippen LogP contribution in [0.25, 0.3) is 0 Å². The molecular formula is C9H11N3O3S2. The minimum Gasteiger partial charge on any atom is -0.384 e. The van der Waals surface area contributed by atoms with Crippen molar-refractivity contribution in [1.82, 2.24) is 9.71 Å². The van der Waals surface area contributed by atoms with Gasteiger partial charge in [-0.25, -0.2) is 9.71 Å². The summed E-state index contributed by atoms with van der Waals surface area (Å²) in [6, 6.07) is 0.0566. The third-order valence-electron chi connectivity index (χ3n) is 1.92. The molecule has 92 valence electrons. The van der Waals surface area contributed by atoms with Gasteiger partial charge in [-0.2, -0.15) is 13.1 Å². The van der Waals surface area contributed by atoms with Gasteiger partial charge >= 0.3 is 10.2 Å². The number of nitrogens with one attached hydrogen (secondary N) is 2. The van der Waals surface area contributed by atoms with E-state index in [-0.39, 0.29) is 17.8 Å². The standard InChI is InChI=1S/C9H11N3O3S2/c13-5-1-2-8-6-10-9(16-8)12-17(14,15)11-7-3-4-7/h6-7,11,13H,3-5H2,(H,10,12). The Labute approximate surface area is 103 Å². The van der Waals surface area contributed by atoms with Gasteiger partial charge in [-0.15, -0.1) is 0 Å². The van der Waals surface area contributed by atoms with Crippen molar-refractivity contribution in [1.29, 1.82) is 0 Å². The van der Waals surface area contributed by atoms with E-state index in [0.717, 1.165) is 24.2 Å². The number of thiazole rings is 1. The molecule has 1 saturated carbocycles. The molecule has 0 amide bonds. The molecule has 6 nitrogen and oxygen atoms in total. The van der Waals surface area contributed by atoms with E-state index in [1.54, 1.807) is 0 Å². The van der Waals surface area contributed by atoms with E-state index in [4.69, 9.17) is 5.11 Å². The van der Waals surface area contributed by atoms with Crippen LogP contribution in [-0.2, 0) is 10.2 Å². The lowest BCUT2D eigenvalue weighted by atomic mass is 10.5. The highest BCUT2D eigenvalue weighted by molar-refractivity contribution is 7.91. The first-order chi connectivity index (χ1) is 8.09. The van der Waals surface area contributed by atoms with Crippen LogP contribution < -0.4 is 9.44 Å². The number of aliphatic hydroxyl groups is 1. The maximum Gasteiger partial charge on any atom is 0.301 e. The number of rotatable bonds is 4. The lowest BCUT2D eigenvalue weighted by Crippen LogP contribution is -2.31. The Balaban J connectivity index is 2.00. The van der Waals surface area contributed by atoms with E-state index in [9.17, 15) is 8.42 Å². The van der Waals surface area contributed by atoms with E-state index in [0.29, 0.717) is 4.88 Å². The van der Waals surface area contributed by atoms with Crippen molar-refractivity contribution >= 4 is 26.7 Å². The number of hydrogen-bond acceptors (Lipinski definition) is 5. The molecule has 0 radical (unpaired) electrons. The number of nitrogens with zero attached hydrogens (tertiary/aromatic N) is 1. The zero-order valence-corrected chi connectivity index (χ0v) is 10.4. The normalized spacial score (nSPS) is 15.1. The van der Waals surface area contributed by atoms with Crippen LogP contribution in [0.1, 0.15) is 17.7 Å². The SMILES string of the molecule is O=S(=O)(Nc1ncc(C#CCO)s1)NC1CC1. The smallest absolute Gasteiger partial charge is 0.301 e. The minimum absolute atomic E-state index is 0.0566. The van der Waals surface area contributed by atoms with E-state index in [2.05, 4.69) is 26.3 Å². The third-order valence-corrected chi connectivity index (χ3v) is 3.98. The molecule has 8 heteroatoms. The Bertz CT molecular complexity index is 552. The van der Waals surface area contributed by atoms with Crippen LogP contribution in [0.3, 0.4) is 0 Å². The second kappa shape index (κ2) is 5.01. The Morgan fingerprint density at radius 3 is 3.00 bits per heavy atom. The molecule has 3 N–H and O–H groups in total. The molecule has 1 aliphatic rings. The molecule has 1 aliphatic carbocycles. The molecule has 0 unspecified atom stereocenters. The van der Waals surface area contributed by atoms with E-state index >= 15 is 0 Å². The molecule has 0 bridgehead atoms. The first kappa shape index (κ1) is 12.3. The quantitative estimate of drug-likeness (QED) is 0.668. The van der Waals surface area contributed by atoms with Crippen molar-refractivity contribution < 1.29 is 13.5 Å². The highest BCUT2D eigenvalue weighted by atomic mass is 32.2. The van der Waals surface area contributed by atoms with Gasteiger partial charge in [0.2, 0.25) is 0 Å². The number of aliphatic hydroxyl groups excluding tert-OH is 1. The fourth-order valence-electron chi connectivity index (χ4n) is 1.07. The van der Waals surface area contributed by atoms with Crippen LogP contribution in [0.4, 0.5) is 5.13 Å². The molecular weight excluding hydrogens is 262 g/mol. The van der Waals surface area contributed by atoms with Gasteiger partial charge in [-0.1, -0.05) is 23.2 Å². The van der Waals surface area contributed by atoms with Crippen molar-refractivity contribution in [3.05, 3.63) is 11.1 Å². The Morgan fingerprint density at radius 2 is 2.35 bits per heavy atom. The second-order valence-electron chi connectivity index (χ2n) is 3.49. The first-order valence-electron chi connectivity index (χ1n) is 4.95. The summed E-state index contributed by atoms with van der Waals surface area (Å²) >= 11 is 1.12. The first-order valence-corrected chi connectivity index (χ1v) is 7.24. The van der Waals surface area contributed by atoms with Crippen LogP contribution >= 0.6 is 11.3 Å². The number of hydrogen-bond donors (Lipinski definition) is 3. The number of aromatic nitrogens is 1. The predicted octanol–water partition coefficient (Wildman–Crippen LogP) is -0.104. The zero-order valence-electron chi connectivity index (χ0n) is 8.80. The highest BCUT2D eigenvalue weighted by Crippen LogP contribution is 2.22. The summed E-state index contributed by atoms with van der Waals surface area (Å²) < 4.78 is 27.9. The molecule has 1 heterocycles. The summed E-state index contributed by atoms with van der Waals surface area (Å²) in [6.07, 6.45) is 3.22. The molecule has 2 rings (SSSR count). The number of anilines is 1. The summed E-state index contributed by atoms with van der Waals surface area (Å²) in [5.74, 6) is 5.12. The summed E-state index contributed by atoms with van der Waals surface area (Å²) in [5.41, 5.74) is 0. The Kier molecular flexibility index (Phi) is 3.63. The van der Waals surface area contributed by atoms with E-state index in [1.165, 1.54) is 6.20 Å². The molecule has 0 saturated heterocycles. The van der Waals surface area contributed by atoms with Crippen molar-refractivity contribution in [2.24, 2.45) is 0 Å². The monoisotopic (exact) mass is 273 g/mol. The Morgan fingerprint density at radius 1 is 1.59 bits per heavy atom. The van der Waals surface area contributed by atoms with Gasteiger partial charge < -0.3 is 5.11 Å². The molecule has 0 aromatic carbocycles. The van der Waals surface area contributed by atoms with Crippen LogP contribution in [0.15, 0.2) is 6.20 Å². The van der Waals surface area contributed by atoms with Gasteiger partial charge in [-0.3, -0.25) is 0 Å². The fourth-order valence-corrected chi connectivity index (χ4v) is 3.12. The summed E-state index contributed by atoms with van der Waals surface area (Å²) in [6.45, 7) is -0.234. The third kappa shape index (κ3) is 3.98. The lowest BCUT2D eigenvalue weighted by Gasteiger charge is -2.04.